The summed E-state index contributed by atoms with van der Waals surface area (Å²) < 4.78 is 0. The number of aryl methyl sites for hydroxylation is 1. The van der Waals surface area contributed by atoms with E-state index in [9.17, 15) is 0 Å². The zero-order valence-electron chi connectivity index (χ0n) is 11.6. The molecule has 0 aliphatic carbocycles. The number of nitrogen functional groups attached to an aromatic ring is 1. The normalized spacial score (nSPS) is 18.9. The van der Waals surface area contributed by atoms with Crippen molar-refractivity contribution in [1.82, 2.24) is 14.9 Å². The van der Waals surface area contributed by atoms with Crippen LogP contribution < -0.4 is 10.6 Å². The highest BCUT2D eigenvalue weighted by Crippen LogP contribution is 2.17. The molecular formula is C13H23N5. The van der Waals surface area contributed by atoms with Gasteiger partial charge < -0.3 is 10.6 Å². The van der Waals surface area contributed by atoms with Crippen LogP contribution in [0, 0.1) is 6.92 Å². The van der Waals surface area contributed by atoms with Crippen molar-refractivity contribution in [2.75, 3.05) is 36.8 Å². The second-order valence-corrected chi connectivity index (χ2v) is 5.01. The number of rotatable bonds is 3. The third-order valence-corrected chi connectivity index (χ3v) is 3.71. The van der Waals surface area contributed by atoms with Gasteiger partial charge in [-0.25, -0.2) is 4.98 Å². The molecule has 1 aliphatic heterocycles. The van der Waals surface area contributed by atoms with Crippen molar-refractivity contribution in [2.24, 2.45) is 0 Å². The Balaban J connectivity index is 2.01. The first-order valence-corrected chi connectivity index (χ1v) is 6.70. The van der Waals surface area contributed by atoms with Gasteiger partial charge in [-0.3, -0.25) is 4.90 Å². The second kappa shape index (κ2) is 5.52. The molecule has 0 spiro atoms. The van der Waals surface area contributed by atoms with Crippen molar-refractivity contribution in [1.29, 1.82) is 0 Å². The average molecular weight is 249 g/mol. The van der Waals surface area contributed by atoms with E-state index >= 15 is 0 Å². The Bertz CT molecular complexity index is 378. The predicted molar refractivity (Wildman–Crippen MR) is 74.7 cm³/mol. The summed E-state index contributed by atoms with van der Waals surface area (Å²) in [6.07, 6.45) is 1.21. The fraction of sp³-hybridized carbons (Fsp3) is 0.692. The van der Waals surface area contributed by atoms with Crippen molar-refractivity contribution in [3.8, 4) is 0 Å². The van der Waals surface area contributed by atoms with Crippen molar-refractivity contribution in [3.63, 3.8) is 0 Å². The molecule has 1 unspecified atom stereocenters. The average Bonchev–Trinajstić information content (AvgIpc) is 2.37. The van der Waals surface area contributed by atoms with E-state index in [1.165, 1.54) is 6.42 Å². The molecule has 1 saturated heterocycles. The van der Waals surface area contributed by atoms with Crippen LogP contribution in [0.15, 0.2) is 6.07 Å². The molecule has 5 nitrogen and oxygen atoms in total. The highest BCUT2D eigenvalue weighted by Gasteiger charge is 2.21. The molecular weight excluding hydrogens is 226 g/mol. The third kappa shape index (κ3) is 2.90. The minimum atomic E-state index is 0.370. The monoisotopic (exact) mass is 249 g/mol. The quantitative estimate of drug-likeness (QED) is 0.874. The maximum Gasteiger partial charge on any atom is 0.222 e. The molecule has 1 atom stereocenters. The fourth-order valence-corrected chi connectivity index (χ4v) is 2.39. The van der Waals surface area contributed by atoms with Crippen LogP contribution in [0.2, 0.25) is 0 Å². The summed E-state index contributed by atoms with van der Waals surface area (Å²) in [5, 5.41) is 0. The second-order valence-electron chi connectivity index (χ2n) is 5.01. The zero-order chi connectivity index (χ0) is 13.1. The SMILES string of the molecule is CCC(C)N1CCN(c2cc(C)nc(N)n2)CC1. The molecule has 1 fully saturated rings. The highest BCUT2D eigenvalue weighted by molar-refractivity contribution is 5.43. The number of hydrogen-bond acceptors (Lipinski definition) is 5. The van der Waals surface area contributed by atoms with E-state index < -0.39 is 0 Å². The van der Waals surface area contributed by atoms with Crippen LogP contribution in [0.3, 0.4) is 0 Å². The van der Waals surface area contributed by atoms with Gasteiger partial charge in [-0.2, -0.15) is 4.98 Å². The Hall–Kier alpha value is -1.36. The molecule has 18 heavy (non-hydrogen) atoms. The summed E-state index contributed by atoms with van der Waals surface area (Å²) in [5.74, 6) is 1.33. The van der Waals surface area contributed by atoms with E-state index in [1.807, 2.05) is 13.0 Å². The summed E-state index contributed by atoms with van der Waals surface area (Å²) in [7, 11) is 0. The number of piperazine rings is 1. The van der Waals surface area contributed by atoms with Crippen LogP contribution in [-0.2, 0) is 0 Å². The molecule has 0 saturated carbocycles. The third-order valence-electron chi connectivity index (χ3n) is 3.71. The van der Waals surface area contributed by atoms with Gasteiger partial charge in [0.25, 0.3) is 0 Å². The number of anilines is 2. The number of nitrogens with two attached hydrogens (primary N) is 1. The lowest BCUT2D eigenvalue weighted by Gasteiger charge is -2.38. The predicted octanol–water partition coefficient (Wildman–Crippen LogP) is 1.29. The van der Waals surface area contributed by atoms with Crippen LogP contribution in [0.25, 0.3) is 0 Å². The van der Waals surface area contributed by atoms with Crippen molar-refractivity contribution < 1.29 is 0 Å². The maximum absolute atomic E-state index is 5.70. The first-order valence-electron chi connectivity index (χ1n) is 6.70. The molecule has 0 amide bonds. The first-order chi connectivity index (χ1) is 8.60. The molecule has 2 rings (SSSR count). The molecule has 1 aromatic heterocycles. The van der Waals surface area contributed by atoms with E-state index in [2.05, 4.69) is 33.6 Å². The number of aromatic nitrogens is 2. The van der Waals surface area contributed by atoms with Gasteiger partial charge in [0.05, 0.1) is 0 Å². The van der Waals surface area contributed by atoms with E-state index in [4.69, 9.17) is 5.73 Å². The molecule has 100 valence electrons. The topological polar surface area (TPSA) is 58.3 Å². The molecule has 1 aliphatic rings. The van der Waals surface area contributed by atoms with Crippen LogP contribution >= 0.6 is 0 Å². The highest BCUT2D eigenvalue weighted by atomic mass is 15.3. The summed E-state index contributed by atoms with van der Waals surface area (Å²) >= 11 is 0. The molecule has 0 bridgehead atoms. The van der Waals surface area contributed by atoms with Crippen molar-refractivity contribution in [3.05, 3.63) is 11.8 Å². The lowest BCUT2D eigenvalue weighted by Crippen LogP contribution is -2.49. The molecule has 0 aromatic carbocycles. The maximum atomic E-state index is 5.70. The molecule has 1 aromatic rings. The number of nitrogens with zero attached hydrogens (tertiary/aromatic N) is 4. The minimum absolute atomic E-state index is 0.370. The molecule has 5 heteroatoms. The van der Waals surface area contributed by atoms with Crippen molar-refractivity contribution in [2.45, 2.75) is 33.2 Å². The van der Waals surface area contributed by atoms with E-state index in [1.54, 1.807) is 0 Å². The van der Waals surface area contributed by atoms with Gasteiger partial charge in [0.2, 0.25) is 5.95 Å². The summed E-state index contributed by atoms with van der Waals surface area (Å²) in [6, 6.07) is 2.68. The first kappa shape index (κ1) is 13.1. The number of hydrogen-bond donors (Lipinski definition) is 1. The van der Waals surface area contributed by atoms with Crippen LogP contribution in [0.1, 0.15) is 26.0 Å². The van der Waals surface area contributed by atoms with Gasteiger partial charge >= 0.3 is 0 Å². The molecule has 2 heterocycles. The summed E-state index contributed by atoms with van der Waals surface area (Å²) in [4.78, 5) is 13.3. The Morgan fingerprint density at radius 3 is 2.50 bits per heavy atom. The van der Waals surface area contributed by atoms with Gasteiger partial charge in [0.15, 0.2) is 0 Å². The smallest absolute Gasteiger partial charge is 0.222 e. The fourth-order valence-electron chi connectivity index (χ4n) is 2.39. The van der Waals surface area contributed by atoms with Crippen LogP contribution in [-0.4, -0.2) is 47.1 Å². The zero-order valence-corrected chi connectivity index (χ0v) is 11.6. The Kier molecular flexibility index (Phi) is 4.01. The minimum Gasteiger partial charge on any atom is -0.368 e. The van der Waals surface area contributed by atoms with Crippen molar-refractivity contribution >= 4 is 11.8 Å². The van der Waals surface area contributed by atoms with Gasteiger partial charge in [-0.05, 0) is 20.3 Å². The van der Waals surface area contributed by atoms with Gasteiger partial charge in [-0.1, -0.05) is 6.92 Å². The lowest BCUT2D eigenvalue weighted by molar-refractivity contribution is 0.192. The largest absolute Gasteiger partial charge is 0.368 e. The Morgan fingerprint density at radius 1 is 1.28 bits per heavy atom. The standard InChI is InChI=1S/C13H23N5/c1-4-11(3)17-5-7-18(8-6-17)12-9-10(2)15-13(14)16-12/h9,11H,4-8H2,1-3H3,(H2,14,15,16). The molecule has 0 radical (unpaired) electrons. The molecule has 2 N–H and O–H groups in total. The van der Waals surface area contributed by atoms with Crippen LogP contribution in [0.4, 0.5) is 11.8 Å². The van der Waals surface area contributed by atoms with Crippen LogP contribution in [0.5, 0.6) is 0 Å². The van der Waals surface area contributed by atoms with Gasteiger partial charge in [0, 0.05) is 44.0 Å². The van der Waals surface area contributed by atoms with Gasteiger partial charge in [-0.15, -0.1) is 0 Å². The Labute approximate surface area is 109 Å². The van der Waals surface area contributed by atoms with Gasteiger partial charge in [0.1, 0.15) is 5.82 Å². The lowest BCUT2D eigenvalue weighted by atomic mass is 10.2. The summed E-state index contributed by atoms with van der Waals surface area (Å²) in [6.45, 7) is 10.7. The summed E-state index contributed by atoms with van der Waals surface area (Å²) in [5.41, 5.74) is 6.64. The Morgan fingerprint density at radius 2 is 1.94 bits per heavy atom. The van der Waals surface area contributed by atoms with E-state index in [0.717, 1.165) is 37.7 Å². The van der Waals surface area contributed by atoms with E-state index in [0.29, 0.717) is 12.0 Å². The van der Waals surface area contributed by atoms with E-state index in [-0.39, 0.29) is 0 Å².